The van der Waals surface area contributed by atoms with Crippen LogP contribution in [0.25, 0.3) is 0 Å². The average Bonchev–Trinajstić information content (AvgIpc) is 2.67. The molecule has 2 rings (SSSR count). The van der Waals surface area contributed by atoms with Gasteiger partial charge in [0.05, 0.1) is 6.42 Å². The molecule has 0 amide bonds. The van der Waals surface area contributed by atoms with Crippen LogP contribution in [0, 0.1) is 0 Å². The summed E-state index contributed by atoms with van der Waals surface area (Å²) in [6.07, 6.45) is 1.06. The summed E-state index contributed by atoms with van der Waals surface area (Å²) in [4.78, 5) is 12.5. The predicted molar refractivity (Wildman–Crippen MR) is 69.3 cm³/mol. The Balaban J connectivity index is 1.85. The predicted octanol–water partition coefficient (Wildman–Crippen LogP) is 2.05. The number of rotatable bonds is 5. The van der Waals surface area contributed by atoms with Crippen molar-refractivity contribution in [1.29, 1.82) is 0 Å². The molecular weight excluding hydrogens is 254 g/mol. The molecule has 1 heterocycles. The molecule has 1 atom stereocenters. The van der Waals surface area contributed by atoms with Crippen LogP contribution < -0.4 is 4.74 Å². The van der Waals surface area contributed by atoms with Crippen molar-refractivity contribution in [3.8, 4) is 5.75 Å². The van der Waals surface area contributed by atoms with E-state index in [1.165, 1.54) is 0 Å². The Morgan fingerprint density at radius 1 is 1.61 bits per heavy atom. The molecule has 1 aromatic carbocycles. The van der Waals surface area contributed by atoms with Crippen LogP contribution in [0.2, 0.25) is 5.02 Å². The van der Waals surface area contributed by atoms with Crippen molar-refractivity contribution in [2.45, 2.75) is 18.9 Å². The molecule has 98 valence electrons. The van der Waals surface area contributed by atoms with E-state index in [0.29, 0.717) is 6.54 Å². The Labute approximate surface area is 111 Å². The van der Waals surface area contributed by atoms with Gasteiger partial charge in [0.1, 0.15) is 11.9 Å². The van der Waals surface area contributed by atoms with E-state index in [2.05, 4.69) is 0 Å². The summed E-state index contributed by atoms with van der Waals surface area (Å²) >= 11 is 5.93. The van der Waals surface area contributed by atoms with Crippen molar-refractivity contribution in [3.63, 3.8) is 0 Å². The summed E-state index contributed by atoms with van der Waals surface area (Å²) in [5.74, 6) is 0.111. The molecule has 1 N–H and O–H groups in total. The van der Waals surface area contributed by atoms with Crippen molar-refractivity contribution in [2.75, 3.05) is 20.1 Å². The highest BCUT2D eigenvalue weighted by Crippen LogP contribution is 2.31. The van der Waals surface area contributed by atoms with Crippen LogP contribution in [0.5, 0.6) is 5.75 Å². The standard InChI is InChI=1S/C13H16ClNO3/c1-15(5-4-13(16)17)8-11-7-9-6-10(14)2-3-12(9)18-11/h2-3,6,11H,4-5,7-8H2,1H3,(H,16,17). The molecule has 1 aliphatic heterocycles. The quantitative estimate of drug-likeness (QED) is 0.889. The lowest BCUT2D eigenvalue weighted by Crippen LogP contribution is -2.33. The van der Waals surface area contributed by atoms with E-state index < -0.39 is 5.97 Å². The zero-order valence-corrected chi connectivity index (χ0v) is 11.0. The highest BCUT2D eigenvalue weighted by atomic mass is 35.5. The number of halogens is 1. The van der Waals surface area contributed by atoms with E-state index in [0.717, 1.165) is 29.3 Å². The lowest BCUT2D eigenvalue weighted by molar-refractivity contribution is -0.137. The minimum atomic E-state index is -0.774. The van der Waals surface area contributed by atoms with Gasteiger partial charge in [-0.05, 0) is 30.8 Å². The highest BCUT2D eigenvalue weighted by Gasteiger charge is 2.24. The topological polar surface area (TPSA) is 49.8 Å². The van der Waals surface area contributed by atoms with Gasteiger partial charge >= 0.3 is 5.97 Å². The van der Waals surface area contributed by atoms with Gasteiger partial charge < -0.3 is 14.7 Å². The summed E-state index contributed by atoms with van der Waals surface area (Å²) in [7, 11) is 1.91. The monoisotopic (exact) mass is 269 g/mol. The molecule has 0 saturated carbocycles. The number of carbonyl (C=O) groups is 1. The second kappa shape index (κ2) is 5.59. The second-order valence-corrected chi connectivity index (χ2v) is 5.04. The third-order valence-electron chi connectivity index (χ3n) is 2.99. The number of aliphatic carboxylic acids is 1. The fourth-order valence-electron chi connectivity index (χ4n) is 2.12. The van der Waals surface area contributed by atoms with Crippen LogP contribution in [0.1, 0.15) is 12.0 Å². The minimum Gasteiger partial charge on any atom is -0.488 e. The van der Waals surface area contributed by atoms with Gasteiger partial charge in [0.2, 0.25) is 0 Å². The summed E-state index contributed by atoms with van der Waals surface area (Å²) in [6, 6.07) is 5.62. The number of ether oxygens (including phenoxy) is 1. The maximum atomic E-state index is 10.5. The smallest absolute Gasteiger partial charge is 0.304 e. The molecule has 0 aromatic heterocycles. The van der Waals surface area contributed by atoms with Crippen molar-refractivity contribution in [1.82, 2.24) is 4.90 Å². The Bertz CT molecular complexity index is 450. The summed E-state index contributed by atoms with van der Waals surface area (Å²) in [5, 5.41) is 9.34. The van der Waals surface area contributed by atoms with E-state index in [-0.39, 0.29) is 12.5 Å². The number of hydrogen-bond donors (Lipinski definition) is 1. The summed E-state index contributed by atoms with van der Waals surface area (Å²) in [5.41, 5.74) is 1.12. The highest BCUT2D eigenvalue weighted by molar-refractivity contribution is 6.30. The van der Waals surface area contributed by atoms with E-state index in [4.69, 9.17) is 21.4 Å². The zero-order valence-electron chi connectivity index (χ0n) is 10.2. The number of carboxylic acids is 1. The number of benzene rings is 1. The summed E-state index contributed by atoms with van der Waals surface area (Å²) in [6.45, 7) is 1.26. The molecule has 1 unspecified atom stereocenters. The molecule has 1 aromatic rings. The Morgan fingerprint density at radius 2 is 2.39 bits per heavy atom. The van der Waals surface area contributed by atoms with E-state index in [9.17, 15) is 4.79 Å². The van der Waals surface area contributed by atoms with Gasteiger partial charge in [0.25, 0.3) is 0 Å². The molecule has 0 radical (unpaired) electrons. The lowest BCUT2D eigenvalue weighted by Gasteiger charge is -2.19. The maximum Gasteiger partial charge on any atom is 0.304 e. The van der Waals surface area contributed by atoms with Crippen molar-refractivity contribution in [3.05, 3.63) is 28.8 Å². The lowest BCUT2D eigenvalue weighted by atomic mass is 10.1. The van der Waals surface area contributed by atoms with Crippen molar-refractivity contribution < 1.29 is 14.6 Å². The van der Waals surface area contributed by atoms with Gasteiger partial charge in [-0.15, -0.1) is 0 Å². The van der Waals surface area contributed by atoms with Crippen LogP contribution in [0.4, 0.5) is 0 Å². The van der Waals surface area contributed by atoms with Crippen LogP contribution >= 0.6 is 11.6 Å². The molecule has 0 aliphatic carbocycles. The molecule has 0 bridgehead atoms. The molecule has 0 spiro atoms. The Morgan fingerprint density at radius 3 is 3.11 bits per heavy atom. The molecule has 0 saturated heterocycles. The number of hydrogen-bond acceptors (Lipinski definition) is 3. The molecular formula is C13H16ClNO3. The number of fused-ring (bicyclic) bond motifs is 1. The molecule has 0 fully saturated rings. The van der Waals surface area contributed by atoms with Crippen LogP contribution in [0.15, 0.2) is 18.2 Å². The van der Waals surface area contributed by atoms with Crippen molar-refractivity contribution >= 4 is 17.6 Å². The average molecular weight is 270 g/mol. The van der Waals surface area contributed by atoms with Crippen LogP contribution in [-0.4, -0.2) is 42.2 Å². The Hall–Kier alpha value is -1.26. The van der Waals surface area contributed by atoms with E-state index in [1.54, 1.807) is 0 Å². The molecule has 4 nitrogen and oxygen atoms in total. The third-order valence-corrected chi connectivity index (χ3v) is 3.22. The molecule has 1 aliphatic rings. The number of likely N-dealkylation sites (N-methyl/N-ethyl adjacent to an activating group) is 1. The largest absolute Gasteiger partial charge is 0.488 e. The first-order valence-electron chi connectivity index (χ1n) is 5.90. The summed E-state index contributed by atoms with van der Waals surface area (Å²) < 4.78 is 5.79. The third kappa shape index (κ3) is 3.37. The zero-order chi connectivity index (χ0) is 13.1. The van der Waals surface area contributed by atoms with Gasteiger partial charge in [-0.3, -0.25) is 4.79 Å². The second-order valence-electron chi connectivity index (χ2n) is 4.60. The molecule has 18 heavy (non-hydrogen) atoms. The van der Waals surface area contributed by atoms with Crippen LogP contribution in [0.3, 0.4) is 0 Å². The van der Waals surface area contributed by atoms with E-state index in [1.807, 2.05) is 30.1 Å². The first kappa shape index (κ1) is 13.2. The Kier molecular flexibility index (Phi) is 4.09. The number of nitrogens with zero attached hydrogens (tertiary/aromatic N) is 1. The SMILES string of the molecule is CN(CCC(=O)O)CC1Cc2cc(Cl)ccc2O1. The fourth-order valence-corrected chi connectivity index (χ4v) is 2.31. The van der Waals surface area contributed by atoms with E-state index >= 15 is 0 Å². The number of carboxylic acid groups (broad SMARTS) is 1. The first-order valence-corrected chi connectivity index (χ1v) is 6.28. The molecule has 5 heteroatoms. The fraction of sp³-hybridized carbons (Fsp3) is 0.462. The van der Waals surface area contributed by atoms with Crippen molar-refractivity contribution in [2.24, 2.45) is 0 Å². The normalized spacial score (nSPS) is 17.6. The first-order chi connectivity index (χ1) is 8.54. The maximum absolute atomic E-state index is 10.5. The van der Waals surface area contributed by atoms with Gasteiger partial charge in [0, 0.05) is 24.5 Å². The van der Waals surface area contributed by atoms with Crippen LogP contribution in [-0.2, 0) is 11.2 Å². The van der Waals surface area contributed by atoms with Gasteiger partial charge in [-0.2, -0.15) is 0 Å². The van der Waals surface area contributed by atoms with Gasteiger partial charge in [0.15, 0.2) is 0 Å². The van der Waals surface area contributed by atoms with Gasteiger partial charge in [-0.1, -0.05) is 11.6 Å². The van der Waals surface area contributed by atoms with Gasteiger partial charge in [-0.25, -0.2) is 0 Å². The minimum absolute atomic E-state index is 0.0808.